The lowest BCUT2D eigenvalue weighted by molar-refractivity contribution is -0.117. The minimum absolute atomic E-state index is 0.164. The van der Waals surface area contributed by atoms with Gasteiger partial charge in [-0.25, -0.2) is 9.97 Å². The molecule has 176 valence electrons. The Kier molecular flexibility index (Phi) is 5.35. The summed E-state index contributed by atoms with van der Waals surface area (Å²) < 4.78 is 13.1. The number of nitrogens with one attached hydrogen (secondary N) is 3. The van der Waals surface area contributed by atoms with E-state index in [0.717, 1.165) is 60.7 Å². The van der Waals surface area contributed by atoms with Crippen molar-refractivity contribution in [3.05, 3.63) is 47.3 Å². The maximum atomic E-state index is 13.1. The Balaban J connectivity index is 1.27. The summed E-state index contributed by atoms with van der Waals surface area (Å²) in [6.45, 7) is 0.701. The number of H-pyrrole nitrogens is 1. The second-order valence-corrected chi connectivity index (χ2v) is 9.32. The van der Waals surface area contributed by atoms with Gasteiger partial charge in [0.25, 0.3) is 0 Å². The maximum Gasteiger partial charge on any atom is 0.247 e. The molecule has 1 amide bonds. The molecule has 0 spiro atoms. The van der Waals surface area contributed by atoms with Gasteiger partial charge in [-0.15, -0.1) is 0 Å². The van der Waals surface area contributed by atoms with Crippen LogP contribution in [0.4, 0.5) is 27.7 Å². The first-order valence-corrected chi connectivity index (χ1v) is 12.1. The Labute approximate surface area is 196 Å². The number of rotatable bonds is 6. The van der Waals surface area contributed by atoms with Crippen molar-refractivity contribution in [1.82, 2.24) is 25.1 Å². The zero-order chi connectivity index (χ0) is 23.1. The van der Waals surface area contributed by atoms with E-state index in [9.17, 15) is 9.18 Å². The van der Waals surface area contributed by atoms with E-state index >= 15 is 0 Å². The number of aromatic nitrogens is 5. The van der Waals surface area contributed by atoms with E-state index in [2.05, 4.69) is 31.9 Å². The summed E-state index contributed by atoms with van der Waals surface area (Å²) in [5.41, 5.74) is 3.82. The molecular formula is C24H27FN8O. The SMILES string of the molecule is O=C(Nc1ccc(F)nc1)[C@@H]1CCCN1c1nc2c(c(Nc3cc(C4CC4)[nH]n3)n1)CCCC2. The van der Waals surface area contributed by atoms with Crippen LogP contribution < -0.4 is 15.5 Å². The average Bonchev–Trinajstić information content (AvgIpc) is 3.38. The van der Waals surface area contributed by atoms with Gasteiger partial charge in [-0.3, -0.25) is 9.89 Å². The van der Waals surface area contributed by atoms with Gasteiger partial charge in [-0.1, -0.05) is 0 Å². The average molecular weight is 463 g/mol. The zero-order valence-corrected chi connectivity index (χ0v) is 18.9. The van der Waals surface area contributed by atoms with E-state index < -0.39 is 12.0 Å². The van der Waals surface area contributed by atoms with E-state index in [4.69, 9.17) is 9.97 Å². The topological polar surface area (TPSA) is 112 Å². The molecule has 0 bridgehead atoms. The molecule has 0 aromatic carbocycles. The number of fused-ring (bicyclic) bond motifs is 1. The summed E-state index contributed by atoms with van der Waals surface area (Å²) in [4.78, 5) is 28.4. The van der Waals surface area contributed by atoms with E-state index in [-0.39, 0.29) is 5.91 Å². The van der Waals surface area contributed by atoms with Gasteiger partial charge in [0.2, 0.25) is 17.8 Å². The molecule has 34 heavy (non-hydrogen) atoms. The summed E-state index contributed by atoms with van der Waals surface area (Å²) in [5.74, 6) is 1.96. The number of carbonyl (C=O) groups excluding carboxylic acids is 1. The van der Waals surface area contributed by atoms with Crippen LogP contribution in [-0.2, 0) is 17.6 Å². The molecule has 1 saturated heterocycles. The highest BCUT2D eigenvalue weighted by Gasteiger charge is 2.34. The third-order valence-corrected chi connectivity index (χ3v) is 6.84. The van der Waals surface area contributed by atoms with E-state index in [0.29, 0.717) is 30.5 Å². The molecule has 1 atom stereocenters. The first-order valence-electron chi connectivity index (χ1n) is 12.1. The standard InChI is InChI=1S/C24H27FN8O/c25-20-10-9-15(13-26-20)27-23(34)19-6-3-11-33(19)24-28-17-5-2-1-4-16(17)22(30-24)29-21-12-18(31-32-21)14-7-8-14/h9-10,12-14,19H,1-8,11H2,(H,27,34)(H2,28,29,30,31,32)/t19-/m0/s1. The first kappa shape index (κ1) is 21.0. The summed E-state index contributed by atoms with van der Waals surface area (Å²) >= 11 is 0. The molecule has 3 aliphatic rings. The molecule has 9 nitrogen and oxygen atoms in total. The highest BCUT2D eigenvalue weighted by atomic mass is 19.1. The van der Waals surface area contributed by atoms with E-state index in [1.807, 2.05) is 4.90 Å². The highest BCUT2D eigenvalue weighted by Crippen LogP contribution is 2.40. The van der Waals surface area contributed by atoms with Crippen LogP contribution in [0.2, 0.25) is 0 Å². The summed E-state index contributed by atoms with van der Waals surface area (Å²) in [6, 6.07) is 4.41. The Hall–Kier alpha value is -3.56. The van der Waals surface area contributed by atoms with Crippen molar-refractivity contribution in [2.75, 3.05) is 22.1 Å². The fourth-order valence-electron chi connectivity index (χ4n) is 4.89. The summed E-state index contributed by atoms with van der Waals surface area (Å²) in [5, 5.41) is 13.9. The van der Waals surface area contributed by atoms with Crippen LogP contribution in [0, 0.1) is 5.95 Å². The smallest absolute Gasteiger partial charge is 0.247 e. The largest absolute Gasteiger partial charge is 0.329 e. The molecule has 3 aromatic rings. The lowest BCUT2D eigenvalue weighted by atomic mass is 9.96. The van der Waals surface area contributed by atoms with Gasteiger partial charge in [0, 0.05) is 29.8 Å². The number of halogens is 1. The lowest BCUT2D eigenvalue weighted by Crippen LogP contribution is -2.41. The van der Waals surface area contributed by atoms with Crippen molar-refractivity contribution < 1.29 is 9.18 Å². The van der Waals surface area contributed by atoms with Gasteiger partial charge >= 0.3 is 0 Å². The van der Waals surface area contributed by atoms with Crippen LogP contribution >= 0.6 is 0 Å². The minimum Gasteiger partial charge on any atom is -0.329 e. The van der Waals surface area contributed by atoms with Gasteiger partial charge in [-0.05, 0) is 63.5 Å². The second-order valence-electron chi connectivity index (χ2n) is 9.32. The number of hydrogen-bond acceptors (Lipinski definition) is 7. The van der Waals surface area contributed by atoms with Gasteiger partial charge in [0.15, 0.2) is 5.82 Å². The molecule has 3 aromatic heterocycles. The molecular weight excluding hydrogens is 435 g/mol. The third kappa shape index (κ3) is 4.20. The van der Waals surface area contributed by atoms with Crippen molar-refractivity contribution in [1.29, 1.82) is 0 Å². The van der Waals surface area contributed by atoms with Gasteiger partial charge in [-0.2, -0.15) is 14.5 Å². The molecule has 6 rings (SSSR count). The predicted molar refractivity (Wildman–Crippen MR) is 126 cm³/mol. The molecule has 2 fully saturated rings. The molecule has 1 aliphatic heterocycles. The van der Waals surface area contributed by atoms with Crippen LogP contribution in [0.25, 0.3) is 0 Å². The molecule has 4 heterocycles. The van der Waals surface area contributed by atoms with Gasteiger partial charge in [0.05, 0.1) is 17.6 Å². The van der Waals surface area contributed by atoms with E-state index in [1.54, 1.807) is 0 Å². The Morgan fingerprint density at radius 2 is 2.00 bits per heavy atom. The molecule has 0 unspecified atom stereocenters. The molecule has 2 aliphatic carbocycles. The van der Waals surface area contributed by atoms with Gasteiger partial charge in [0.1, 0.15) is 11.9 Å². The van der Waals surface area contributed by atoms with Crippen LogP contribution in [0.1, 0.15) is 61.4 Å². The Bertz CT molecular complexity index is 1210. The predicted octanol–water partition coefficient (Wildman–Crippen LogP) is 3.84. The van der Waals surface area contributed by atoms with Crippen LogP contribution in [0.15, 0.2) is 24.4 Å². The van der Waals surface area contributed by atoms with Crippen molar-refractivity contribution in [2.45, 2.75) is 63.3 Å². The van der Waals surface area contributed by atoms with Crippen molar-refractivity contribution >= 4 is 29.2 Å². The van der Waals surface area contributed by atoms with Crippen molar-refractivity contribution in [2.24, 2.45) is 0 Å². The second kappa shape index (κ2) is 8.66. The number of nitrogens with zero attached hydrogens (tertiary/aromatic N) is 5. The number of anilines is 4. The fraction of sp³-hybridized carbons (Fsp3) is 0.458. The summed E-state index contributed by atoms with van der Waals surface area (Å²) in [6.07, 6.45) is 9.35. The maximum absolute atomic E-state index is 13.1. The quantitative estimate of drug-likeness (QED) is 0.477. The van der Waals surface area contributed by atoms with Crippen LogP contribution in [0.3, 0.4) is 0 Å². The third-order valence-electron chi connectivity index (χ3n) is 6.84. The van der Waals surface area contributed by atoms with E-state index in [1.165, 1.54) is 31.2 Å². The molecule has 1 saturated carbocycles. The Morgan fingerprint density at radius 3 is 2.82 bits per heavy atom. The monoisotopic (exact) mass is 462 g/mol. The number of carbonyl (C=O) groups is 1. The lowest BCUT2D eigenvalue weighted by Gasteiger charge is -2.27. The summed E-state index contributed by atoms with van der Waals surface area (Å²) in [7, 11) is 0. The highest BCUT2D eigenvalue weighted by molar-refractivity contribution is 5.96. The fourth-order valence-corrected chi connectivity index (χ4v) is 4.89. The number of hydrogen-bond donors (Lipinski definition) is 3. The molecule has 10 heteroatoms. The first-order chi connectivity index (χ1) is 16.6. The normalized spacial score (nSPS) is 19.7. The van der Waals surface area contributed by atoms with Gasteiger partial charge < -0.3 is 15.5 Å². The molecule has 0 radical (unpaired) electrons. The number of pyridine rings is 1. The Morgan fingerprint density at radius 1 is 1.12 bits per heavy atom. The van der Waals surface area contributed by atoms with Crippen LogP contribution in [-0.4, -0.2) is 43.6 Å². The van der Waals surface area contributed by atoms with Crippen molar-refractivity contribution in [3.63, 3.8) is 0 Å². The van der Waals surface area contributed by atoms with Crippen molar-refractivity contribution in [3.8, 4) is 0 Å². The number of aryl methyl sites for hydroxylation is 1. The minimum atomic E-state index is -0.579. The molecule has 3 N–H and O–H groups in total. The number of aromatic amines is 1. The number of amides is 1. The van der Waals surface area contributed by atoms with Crippen LogP contribution in [0.5, 0.6) is 0 Å². The zero-order valence-electron chi connectivity index (χ0n) is 18.9.